The number of nitrogens with one attached hydrogen (secondary N) is 1. The summed E-state index contributed by atoms with van der Waals surface area (Å²) in [6.45, 7) is 4.17. The zero-order chi connectivity index (χ0) is 31.1. The normalized spacial score (nSPS) is 11.2. The first-order chi connectivity index (χ1) is 21.6. The van der Waals surface area contributed by atoms with E-state index in [9.17, 15) is 4.79 Å². The lowest BCUT2D eigenvalue weighted by atomic mass is 10.1. The Kier molecular flexibility index (Phi) is 12.5. The number of ether oxygens (including phenoxy) is 4. The number of aryl methyl sites for hydroxylation is 2. The molecular formula is C36H45N3O5. The lowest BCUT2D eigenvalue weighted by Crippen LogP contribution is -2.26. The smallest absolute Gasteiger partial charge is 0.224 e. The molecule has 0 aliphatic carbocycles. The summed E-state index contributed by atoms with van der Waals surface area (Å²) in [5, 5.41) is 3.04. The van der Waals surface area contributed by atoms with Crippen molar-refractivity contribution in [3.8, 4) is 23.0 Å². The van der Waals surface area contributed by atoms with Crippen molar-refractivity contribution in [2.75, 3.05) is 34.5 Å². The molecule has 1 amide bonds. The molecule has 4 aromatic rings. The number of aromatic nitrogens is 2. The Labute approximate surface area is 261 Å². The van der Waals surface area contributed by atoms with E-state index in [1.54, 1.807) is 21.3 Å². The fraction of sp³-hybridized carbons (Fsp3) is 0.389. The average molecular weight is 600 g/mol. The molecule has 0 aliphatic rings. The fourth-order valence-electron chi connectivity index (χ4n) is 5.27. The number of para-hydroxylation sites is 2. The lowest BCUT2D eigenvalue weighted by molar-refractivity contribution is -0.120. The van der Waals surface area contributed by atoms with Crippen molar-refractivity contribution in [2.45, 2.75) is 58.4 Å². The number of methoxy groups -OCH3 is 3. The van der Waals surface area contributed by atoms with E-state index in [-0.39, 0.29) is 5.91 Å². The van der Waals surface area contributed by atoms with E-state index >= 15 is 0 Å². The van der Waals surface area contributed by atoms with E-state index in [0.29, 0.717) is 31.1 Å². The fourth-order valence-corrected chi connectivity index (χ4v) is 5.27. The molecule has 0 saturated heterocycles. The molecule has 1 N–H and O–H groups in total. The SMILES string of the molecule is C/C=C/c1ccc(OCCCCn2c(CCCCCNC(=O)Cc3ccc(OC)c(OC)c3)nc3ccccc32)c(OC)c1. The quantitative estimate of drug-likeness (QED) is 0.124. The largest absolute Gasteiger partial charge is 0.493 e. The Morgan fingerprint density at radius 3 is 2.41 bits per heavy atom. The van der Waals surface area contributed by atoms with E-state index in [0.717, 1.165) is 79.0 Å². The molecule has 3 aromatic carbocycles. The summed E-state index contributed by atoms with van der Waals surface area (Å²) >= 11 is 0. The van der Waals surface area contributed by atoms with Crippen molar-refractivity contribution in [1.29, 1.82) is 0 Å². The van der Waals surface area contributed by atoms with Crippen molar-refractivity contribution in [3.05, 3.63) is 83.7 Å². The van der Waals surface area contributed by atoms with Gasteiger partial charge in [0, 0.05) is 19.5 Å². The summed E-state index contributed by atoms with van der Waals surface area (Å²) in [6.07, 6.45) is 10.1. The van der Waals surface area contributed by atoms with Crippen molar-refractivity contribution in [1.82, 2.24) is 14.9 Å². The Morgan fingerprint density at radius 1 is 0.841 bits per heavy atom. The van der Waals surface area contributed by atoms with Crippen LogP contribution in [0, 0.1) is 0 Å². The van der Waals surface area contributed by atoms with Gasteiger partial charge in [-0.05, 0) is 80.1 Å². The number of fused-ring (bicyclic) bond motifs is 1. The zero-order valence-corrected chi connectivity index (χ0v) is 26.4. The summed E-state index contributed by atoms with van der Waals surface area (Å²) in [6, 6.07) is 19.9. The maximum Gasteiger partial charge on any atom is 0.224 e. The van der Waals surface area contributed by atoms with Crippen molar-refractivity contribution in [3.63, 3.8) is 0 Å². The van der Waals surface area contributed by atoms with Gasteiger partial charge in [0.2, 0.25) is 5.91 Å². The summed E-state index contributed by atoms with van der Waals surface area (Å²) in [7, 11) is 4.87. The molecule has 44 heavy (non-hydrogen) atoms. The molecular weight excluding hydrogens is 554 g/mol. The van der Waals surface area contributed by atoms with Crippen LogP contribution in [0.1, 0.15) is 56.0 Å². The number of nitrogens with zero attached hydrogens (tertiary/aromatic N) is 2. The van der Waals surface area contributed by atoms with Crippen LogP contribution < -0.4 is 24.3 Å². The highest BCUT2D eigenvalue weighted by atomic mass is 16.5. The molecule has 0 atom stereocenters. The van der Waals surface area contributed by atoms with Gasteiger partial charge in [0.15, 0.2) is 23.0 Å². The number of hydrogen-bond donors (Lipinski definition) is 1. The Balaban J connectivity index is 1.20. The first kappa shape index (κ1) is 32.5. The van der Waals surface area contributed by atoms with Crippen LogP contribution in [0.25, 0.3) is 17.1 Å². The number of carbonyl (C=O) groups excluding carboxylic acids is 1. The van der Waals surface area contributed by atoms with E-state index < -0.39 is 0 Å². The summed E-state index contributed by atoms with van der Waals surface area (Å²) in [5.41, 5.74) is 4.19. The first-order valence-corrected chi connectivity index (χ1v) is 15.4. The van der Waals surface area contributed by atoms with E-state index in [2.05, 4.69) is 28.1 Å². The van der Waals surface area contributed by atoms with E-state index in [1.807, 2.05) is 61.5 Å². The number of carbonyl (C=O) groups is 1. The third-order valence-corrected chi connectivity index (χ3v) is 7.53. The summed E-state index contributed by atoms with van der Waals surface area (Å²) in [4.78, 5) is 17.4. The number of unbranched alkanes of at least 4 members (excludes halogenated alkanes) is 3. The highest BCUT2D eigenvalue weighted by Crippen LogP contribution is 2.29. The van der Waals surface area contributed by atoms with Gasteiger partial charge in [0.05, 0.1) is 45.4 Å². The predicted molar refractivity (Wildman–Crippen MR) is 176 cm³/mol. The van der Waals surface area contributed by atoms with Crippen molar-refractivity contribution >= 4 is 23.0 Å². The number of amides is 1. The Hall–Kier alpha value is -4.46. The molecule has 0 unspecified atom stereocenters. The maximum atomic E-state index is 12.4. The van der Waals surface area contributed by atoms with Crippen LogP contribution in [0.5, 0.6) is 23.0 Å². The summed E-state index contributed by atoms with van der Waals surface area (Å²) in [5.74, 6) is 3.93. The van der Waals surface area contributed by atoms with Gasteiger partial charge in [0.25, 0.3) is 0 Å². The van der Waals surface area contributed by atoms with Gasteiger partial charge < -0.3 is 28.8 Å². The number of imidazole rings is 1. The van der Waals surface area contributed by atoms with Crippen LogP contribution in [-0.4, -0.2) is 49.9 Å². The van der Waals surface area contributed by atoms with Gasteiger partial charge in [-0.25, -0.2) is 4.98 Å². The molecule has 4 rings (SSSR count). The molecule has 234 valence electrons. The molecule has 8 nitrogen and oxygen atoms in total. The molecule has 0 saturated carbocycles. The Morgan fingerprint density at radius 2 is 1.61 bits per heavy atom. The molecule has 1 heterocycles. The third kappa shape index (κ3) is 9.02. The maximum absolute atomic E-state index is 12.4. The Bertz CT molecular complexity index is 1530. The zero-order valence-electron chi connectivity index (χ0n) is 26.4. The topological polar surface area (TPSA) is 83.8 Å². The number of hydrogen-bond acceptors (Lipinski definition) is 6. The van der Waals surface area contributed by atoms with Crippen LogP contribution >= 0.6 is 0 Å². The number of allylic oxidation sites excluding steroid dienone is 1. The van der Waals surface area contributed by atoms with Crippen LogP contribution in [0.3, 0.4) is 0 Å². The van der Waals surface area contributed by atoms with Crippen LogP contribution in [-0.2, 0) is 24.2 Å². The van der Waals surface area contributed by atoms with Gasteiger partial charge in [-0.1, -0.05) is 42.8 Å². The van der Waals surface area contributed by atoms with Gasteiger partial charge in [-0.3, -0.25) is 4.79 Å². The van der Waals surface area contributed by atoms with Crippen LogP contribution in [0.4, 0.5) is 0 Å². The van der Waals surface area contributed by atoms with Gasteiger partial charge in [-0.15, -0.1) is 0 Å². The molecule has 0 aliphatic heterocycles. The average Bonchev–Trinajstić information content (AvgIpc) is 3.40. The highest BCUT2D eigenvalue weighted by Gasteiger charge is 2.12. The molecule has 8 heteroatoms. The van der Waals surface area contributed by atoms with Crippen molar-refractivity contribution < 1.29 is 23.7 Å². The molecule has 0 bridgehead atoms. The molecule has 0 fully saturated rings. The van der Waals surface area contributed by atoms with Gasteiger partial charge >= 0.3 is 0 Å². The first-order valence-electron chi connectivity index (χ1n) is 15.4. The second-order valence-electron chi connectivity index (χ2n) is 10.7. The monoisotopic (exact) mass is 599 g/mol. The van der Waals surface area contributed by atoms with Gasteiger partial charge in [0.1, 0.15) is 5.82 Å². The van der Waals surface area contributed by atoms with Crippen molar-refractivity contribution in [2.24, 2.45) is 0 Å². The molecule has 1 aromatic heterocycles. The lowest BCUT2D eigenvalue weighted by Gasteiger charge is -2.12. The van der Waals surface area contributed by atoms with Crippen LogP contribution in [0.2, 0.25) is 0 Å². The molecule has 0 radical (unpaired) electrons. The third-order valence-electron chi connectivity index (χ3n) is 7.53. The van der Waals surface area contributed by atoms with Crippen LogP contribution in [0.15, 0.2) is 66.7 Å². The second kappa shape index (κ2) is 17.0. The number of rotatable bonds is 18. The predicted octanol–water partition coefficient (Wildman–Crippen LogP) is 7.03. The number of benzene rings is 3. The van der Waals surface area contributed by atoms with E-state index in [4.69, 9.17) is 23.9 Å². The second-order valence-corrected chi connectivity index (χ2v) is 10.7. The summed E-state index contributed by atoms with van der Waals surface area (Å²) < 4.78 is 24.5. The minimum atomic E-state index is 0.00657. The van der Waals surface area contributed by atoms with E-state index in [1.165, 1.54) is 5.52 Å². The van der Waals surface area contributed by atoms with Gasteiger partial charge in [-0.2, -0.15) is 0 Å². The minimum Gasteiger partial charge on any atom is -0.493 e. The highest BCUT2D eigenvalue weighted by molar-refractivity contribution is 5.78. The minimum absolute atomic E-state index is 0.00657. The standard InChI is InChI=1S/C36H45N3O5/c1-5-13-27-17-20-32(34(24-27)43-4)44-23-12-11-22-39-30-15-9-8-14-29(30)38-35(39)16-7-6-10-21-37-36(40)26-28-18-19-31(41-2)33(25-28)42-3/h5,8-9,13-15,17-20,24-25H,6-7,10-12,16,21-23,26H2,1-4H3,(H,37,40)/b13-5+. The molecule has 0 spiro atoms.